The van der Waals surface area contributed by atoms with Gasteiger partial charge in [0.2, 0.25) is 0 Å². The van der Waals surface area contributed by atoms with Gasteiger partial charge in [0.05, 0.1) is 7.11 Å². The number of alkyl halides is 1. The molecule has 2 aromatic carbocycles. The van der Waals surface area contributed by atoms with E-state index in [1.54, 1.807) is 24.3 Å². The van der Waals surface area contributed by atoms with E-state index in [4.69, 9.17) is 4.74 Å². The van der Waals surface area contributed by atoms with Crippen LogP contribution in [0.5, 0.6) is 5.75 Å². The van der Waals surface area contributed by atoms with Gasteiger partial charge in [0.1, 0.15) is 5.82 Å². The molecular weight excluding hydrogens is 326 g/mol. The molecule has 0 aromatic heterocycles. The summed E-state index contributed by atoms with van der Waals surface area (Å²) in [7, 11) is 1.44. The fourth-order valence-electron chi connectivity index (χ4n) is 2.16. The number of methoxy groups -OCH3 is 1. The minimum absolute atomic E-state index is 0.00676. The molecule has 0 fully saturated rings. The van der Waals surface area contributed by atoms with Crippen LogP contribution >= 0.6 is 15.9 Å². The van der Waals surface area contributed by atoms with Crippen molar-refractivity contribution in [2.24, 2.45) is 0 Å². The topological polar surface area (TPSA) is 9.23 Å². The molecule has 106 valence electrons. The third-order valence-corrected chi connectivity index (χ3v) is 4.02. The van der Waals surface area contributed by atoms with E-state index >= 15 is 0 Å². The zero-order valence-electron chi connectivity index (χ0n) is 11.1. The van der Waals surface area contributed by atoms with E-state index in [-0.39, 0.29) is 23.3 Å². The molecule has 0 N–H and O–H groups in total. The molecule has 0 radical (unpaired) electrons. The first-order valence-electron chi connectivity index (χ1n) is 6.28. The molecule has 2 rings (SSSR count). The molecule has 1 nitrogen and oxygen atoms in total. The highest BCUT2D eigenvalue weighted by molar-refractivity contribution is 9.09. The molecule has 1 atom stereocenters. The van der Waals surface area contributed by atoms with Crippen LogP contribution in [0.3, 0.4) is 0 Å². The first kappa shape index (κ1) is 15.0. The largest absolute Gasteiger partial charge is 0.494 e. The van der Waals surface area contributed by atoms with Crippen LogP contribution in [0.1, 0.15) is 17.0 Å². The Morgan fingerprint density at radius 2 is 1.90 bits per heavy atom. The van der Waals surface area contributed by atoms with E-state index < -0.39 is 0 Å². The first-order valence-corrected chi connectivity index (χ1v) is 7.40. The fraction of sp³-hybridized carbons (Fsp3) is 0.250. The van der Waals surface area contributed by atoms with Gasteiger partial charge in [-0.25, -0.2) is 8.78 Å². The summed E-state index contributed by atoms with van der Waals surface area (Å²) >= 11 is 3.42. The smallest absolute Gasteiger partial charge is 0.168 e. The number of ether oxygens (including phenoxy) is 1. The zero-order valence-corrected chi connectivity index (χ0v) is 12.7. The summed E-state index contributed by atoms with van der Waals surface area (Å²) < 4.78 is 32.4. The third-order valence-electron chi connectivity index (χ3n) is 3.24. The quantitative estimate of drug-likeness (QED) is 0.717. The Hall–Kier alpha value is -1.42. The average Bonchev–Trinajstić information content (AvgIpc) is 2.46. The van der Waals surface area contributed by atoms with Gasteiger partial charge in [-0.05, 0) is 41.7 Å². The Bertz CT molecular complexity index is 586. The predicted octanol–water partition coefficient (Wildman–Crippen LogP) is 4.69. The Labute approximate surface area is 125 Å². The summed E-state index contributed by atoms with van der Waals surface area (Å²) in [5.41, 5.74) is 1.42. The average molecular weight is 341 g/mol. The third kappa shape index (κ3) is 3.37. The van der Waals surface area contributed by atoms with Gasteiger partial charge in [0.25, 0.3) is 0 Å². The van der Waals surface area contributed by atoms with Crippen LogP contribution in [0, 0.1) is 11.6 Å². The number of hydrogen-bond acceptors (Lipinski definition) is 1. The van der Waals surface area contributed by atoms with Crippen LogP contribution in [0.25, 0.3) is 0 Å². The van der Waals surface area contributed by atoms with Crippen molar-refractivity contribution in [2.75, 3.05) is 12.4 Å². The summed E-state index contributed by atoms with van der Waals surface area (Å²) in [6.07, 6.45) is 0.484. The van der Waals surface area contributed by atoms with Crippen molar-refractivity contribution in [1.82, 2.24) is 0 Å². The summed E-state index contributed by atoms with van der Waals surface area (Å²) in [6, 6.07) is 11.5. The minimum Gasteiger partial charge on any atom is -0.494 e. The van der Waals surface area contributed by atoms with E-state index in [2.05, 4.69) is 15.9 Å². The van der Waals surface area contributed by atoms with Crippen LogP contribution in [-0.4, -0.2) is 12.4 Å². The van der Waals surface area contributed by atoms with Crippen LogP contribution < -0.4 is 4.74 Å². The van der Waals surface area contributed by atoms with E-state index in [0.717, 1.165) is 5.56 Å². The van der Waals surface area contributed by atoms with Crippen LogP contribution in [0.4, 0.5) is 8.78 Å². The van der Waals surface area contributed by atoms with E-state index in [1.165, 1.54) is 19.2 Å². The molecule has 0 bridgehead atoms. The summed E-state index contributed by atoms with van der Waals surface area (Å²) in [5.74, 6) is -0.390. The number of halogens is 3. The van der Waals surface area contributed by atoms with Crippen molar-refractivity contribution < 1.29 is 13.5 Å². The molecule has 0 aliphatic carbocycles. The molecule has 0 heterocycles. The fourth-order valence-corrected chi connectivity index (χ4v) is 2.76. The maximum absolute atomic E-state index is 14.2. The van der Waals surface area contributed by atoms with Gasteiger partial charge in [0, 0.05) is 5.33 Å². The second-order valence-electron chi connectivity index (χ2n) is 4.54. The molecule has 0 aliphatic heterocycles. The highest BCUT2D eigenvalue weighted by atomic mass is 79.9. The van der Waals surface area contributed by atoms with Crippen molar-refractivity contribution in [3.63, 3.8) is 0 Å². The van der Waals surface area contributed by atoms with Crippen LogP contribution in [-0.2, 0) is 6.42 Å². The van der Waals surface area contributed by atoms with Gasteiger partial charge in [-0.3, -0.25) is 0 Å². The Morgan fingerprint density at radius 1 is 1.15 bits per heavy atom. The maximum Gasteiger partial charge on any atom is 0.168 e. The Morgan fingerprint density at radius 3 is 2.55 bits per heavy atom. The Kier molecular flexibility index (Phi) is 5.12. The Balaban J connectivity index is 2.27. The van der Waals surface area contributed by atoms with Crippen LogP contribution in [0.15, 0.2) is 42.5 Å². The molecule has 0 amide bonds. The molecule has 1 unspecified atom stereocenters. The van der Waals surface area contributed by atoms with E-state index in [0.29, 0.717) is 17.3 Å². The second kappa shape index (κ2) is 6.84. The second-order valence-corrected chi connectivity index (χ2v) is 5.19. The molecule has 0 aliphatic rings. The maximum atomic E-state index is 14.2. The lowest BCUT2D eigenvalue weighted by Crippen LogP contribution is -2.07. The standard InChI is InChI=1S/C16H15BrF2O/c1-20-15-7-3-5-12(16(15)19)8-13(10-17)11-4-2-6-14(18)9-11/h2-7,9,13H,8,10H2,1H3. The first-order chi connectivity index (χ1) is 9.65. The lowest BCUT2D eigenvalue weighted by molar-refractivity contribution is 0.383. The van der Waals surface area contributed by atoms with Crippen molar-refractivity contribution in [2.45, 2.75) is 12.3 Å². The summed E-state index contributed by atoms with van der Waals surface area (Å²) in [5, 5.41) is 0.632. The number of benzene rings is 2. The molecular formula is C16H15BrF2O. The van der Waals surface area contributed by atoms with E-state index in [1.807, 2.05) is 6.07 Å². The molecule has 0 saturated heterocycles. The molecule has 0 saturated carbocycles. The SMILES string of the molecule is COc1cccc(CC(CBr)c2cccc(F)c2)c1F. The zero-order chi connectivity index (χ0) is 14.5. The summed E-state index contributed by atoms with van der Waals surface area (Å²) in [4.78, 5) is 0. The highest BCUT2D eigenvalue weighted by Gasteiger charge is 2.16. The molecule has 0 spiro atoms. The monoisotopic (exact) mass is 340 g/mol. The molecule has 4 heteroatoms. The normalized spacial score (nSPS) is 12.2. The lowest BCUT2D eigenvalue weighted by atomic mass is 9.93. The van der Waals surface area contributed by atoms with Gasteiger partial charge in [-0.2, -0.15) is 0 Å². The lowest BCUT2D eigenvalue weighted by Gasteiger charge is -2.16. The van der Waals surface area contributed by atoms with Crippen molar-refractivity contribution >= 4 is 15.9 Å². The highest BCUT2D eigenvalue weighted by Crippen LogP contribution is 2.28. The van der Waals surface area contributed by atoms with Gasteiger partial charge in [0.15, 0.2) is 11.6 Å². The van der Waals surface area contributed by atoms with Gasteiger partial charge >= 0.3 is 0 Å². The molecule has 20 heavy (non-hydrogen) atoms. The van der Waals surface area contributed by atoms with Gasteiger partial charge < -0.3 is 4.74 Å². The van der Waals surface area contributed by atoms with Crippen molar-refractivity contribution in [3.8, 4) is 5.75 Å². The van der Waals surface area contributed by atoms with Gasteiger partial charge in [-0.15, -0.1) is 0 Å². The minimum atomic E-state index is -0.350. The predicted molar refractivity (Wildman–Crippen MR) is 79.6 cm³/mol. The van der Waals surface area contributed by atoms with Gasteiger partial charge in [-0.1, -0.05) is 40.2 Å². The summed E-state index contributed by atoms with van der Waals surface area (Å²) in [6.45, 7) is 0. The number of hydrogen-bond donors (Lipinski definition) is 0. The van der Waals surface area contributed by atoms with Crippen molar-refractivity contribution in [3.05, 3.63) is 65.2 Å². The van der Waals surface area contributed by atoms with E-state index in [9.17, 15) is 8.78 Å². The molecule has 2 aromatic rings. The van der Waals surface area contributed by atoms with Crippen molar-refractivity contribution in [1.29, 1.82) is 0 Å². The number of rotatable bonds is 5. The van der Waals surface area contributed by atoms with Crippen LogP contribution in [0.2, 0.25) is 0 Å².